The lowest BCUT2D eigenvalue weighted by molar-refractivity contribution is -0.875. The van der Waals surface area contributed by atoms with Crippen LogP contribution in [-0.4, -0.2) is 71.5 Å². The molecular formula is C13H26NO5+. The van der Waals surface area contributed by atoms with Crippen molar-refractivity contribution < 1.29 is 29.4 Å². The summed E-state index contributed by atoms with van der Waals surface area (Å²) in [6.45, 7) is 0.143. The number of carbonyl (C=O) groups excluding carboxylic acids is 1. The molecule has 0 rings (SSSR count). The number of aliphatic hydroxyl groups excluding tert-OH is 1. The molecule has 3 N–H and O–H groups in total. The summed E-state index contributed by atoms with van der Waals surface area (Å²) in [6, 6.07) is 0. The molecule has 6 nitrogen and oxygen atoms in total. The molecule has 6 heteroatoms. The minimum atomic E-state index is -1.82. The van der Waals surface area contributed by atoms with E-state index in [0.717, 1.165) is 0 Å². The highest BCUT2D eigenvalue weighted by Gasteiger charge is 2.42. The van der Waals surface area contributed by atoms with E-state index in [1.807, 2.05) is 0 Å². The molecule has 0 spiro atoms. The van der Waals surface area contributed by atoms with Crippen molar-refractivity contribution in [3.63, 3.8) is 0 Å². The number of rotatable bonds is 10. The molecule has 0 aliphatic heterocycles. The summed E-state index contributed by atoms with van der Waals surface area (Å²) >= 11 is 0. The summed E-state index contributed by atoms with van der Waals surface area (Å²) in [5.41, 5.74) is -1.82. The second kappa shape index (κ2) is 7.57. The number of carbonyl (C=O) groups is 2. The lowest BCUT2D eigenvalue weighted by Crippen LogP contribution is -2.54. The van der Waals surface area contributed by atoms with Crippen molar-refractivity contribution in [1.82, 2.24) is 0 Å². The summed E-state index contributed by atoms with van der Waals surface area (Å²) in [5, 5.41) is 27.8. The predicted molar refractivity (Wildman–Crippen MR) is 70.7 cm³/mol. The summed E-state index contributed by atoms with van der Waals surface area (Å²) in [5.74, 6) is -1.61. The van der Waals surface area contributed by atoms with Gasteiger partial charge in [0.05, 0.1) is 27.6 Å². The van der Waals surface area contributed by atoms with Crippen molar-refractivity contribution in [2.24, 2.45) is 0 Å². The van der Waals surface area contributed by atoms with Gasteiger partial charge < -0.3 is 19.8 Å². The van der Waals surface area contributed by atoms with Crippen LogP contribution in [0, 0.1) is 0 Å². The zero-order chi connectivity index (χ0) is 15.1. The molecule has 112 valence electrons. The Morgan fingerprint density at radius 1 is 1.11 bits per heavy atom. The van der Waals surface area contributed by atoms with Crippen LogP contribution in [0.4, 0.5) is 0 Å². The van der Waals surface area contributed by atoms with E-state index < -0.39 is 23.8 Å². The van der Waals surface area contributed by atoms with Crippen LogP contribution in [0.3, 0.4) is 0 Å². The largest absolute Gasteiger partial charge is 0.481 e. The average Bonchev–Trinajstić information content (AvgIpc) is 2.20. The maximum absolute atomic E-state index is 12.1. The summed E-state index contributed by atoms with van der Waals surface area (Å²) in [6.07, 6.45) is 1.43. The standard InChI is InChI=1S/C13H25NO5/c1-14(2,3)10-13(19,9-12(17)18)11(16)7-5-4-6-8-15/h15,19H,4-10H2,1-3H3/p+1. The van der Waals surface area contributed by atoms with Gasteiger partial charge in [-0.2, -0.15) is 0 Å². The van der Waals surface area contributed by atoms with Gasteiger partial charge in [0.1, 0.15) is 6.54 Å². The van der Waals surface area contributed by atoms with E-state index in [1.165, 1.54) is 0 Å². The van der Waals surface area contributed by atoms with Crippen LogP contribution in [0.5, 0.6) is 0 Å². The maximum atomic E-state index is 12.1. The number of unbranched alkanes of at least 4 members (excludes halogenated alkanes) is 2. The smallest absolute Gasteiger partial charge is 0.306 e. The zero-order valence-electron chi connectivity index (χ0n) is 12.1. The van der Waals surface area contributed by atoms with Gasteiger partial charge in [0.25, 0.3) is 0 Å². The third-order valence-corrected chi connectivity index (χ3v) is 2.76. The molecule has 19 heavy (non-hydrogen) atoms. The minimum absolute atomic E-state index is 0.0676. The van der Waals surface area contributed by atoms with E-state index in [9.17, 15) is 14.7 Å². The van der Waals surface area contributed by atoms with Crippen LogP contribution < -0.4 is 0 Å². The third-order valence-electron chi connectivity index (χ3n) is 2.76. The molecule has 0 bridgehead atoms. The van der Waals surface area contributed by atoms with Crippen LogP contribution in [0.2, 0.25) is 0 Å². The highest BCUT2D eigenvalue weighted by molar-refractivity contribution is 5.90. The van der Waals surface area contributed by atoms with E-state index in [2.05, 4.69) is 0 Å². The quantitative estimate of drug-likeness (QED) is 0.386. The average molecular weight is 276 g/mol. The van der Waals surface area contributed by atoms with Gasteiger partial charge in [-0.15, -0.1) is 0 Å². The molecule has 0 aromatic heterocycles. The zero-order valence-corrected chi connectivity index (χ0v) is 12.1. The molecule has 1 atom stereocenters. The number of nitrogens with zero attached hydrogens (tertiary/aromatic N) is 1. The molecule has 0 radical (unpaired) electrons. The Morgan fingerprint density at radius 3 is 2.11 bits per heavy atom. The molecule has 1 unspecified atom stereocenters. The minimum Gasteiger partial charge on any atom is -0.481 e. The van der Waals surface area contributed by atoms with Gasteiger partial charge in [-0.1, -0.05) is 6.42 Å². The third kappa shape index (κ3) is 7.92. The Labute approximate surface area is 114 Å². The second-order valence-corrected chi connectivity index (χ2v) is 6.01. The van der Waals surface area contributed by atoms with E-state index in [-0.39, 0.29) is 19.6 Å². The fourth-order valence-corrected chi connectivity index (χ4v) is 2.08. The Kier molecular flexibility index (Phi) is 7.18. The summed E-state index contributed by atoms with van der Waals surface area (Å²) < 4.78 is 0.312. The van der Waals surface area contributed by atoms with Crippen molar-refractivity contribution in [3.8, 4) is 0 Å². The first kappa shape index (κ1) is 18.0. The van der Waals surface area contributed by atoms with Crippen molar-refractivity contribution in [3.05, 3.63) is 0 Å². The number of aliphatic hydroxyl groups is 2. The number of carboxylic acids is 1. The van der Waals surface area contributed by atoms with Crippen molar-refractivity contribution >= 4 is 11.8 Å². The van der Waals surface area contributed by atoms with Gasteiger partial charge in [-0.05, 0) is 12.8 Å². The number of hydrogen-bond donors (Lipinski definition) is 3. The molecule has 0 fully saturated rings. The van der Waals surface area contributed by atoms with Crippen LogP contribution in [0.15, 0.2) is 0 Å². The van der Waals surface area contributed by atoms with Gasteiger partial charge in [0, 0.05) is 13.0 Å². The number of likely N-dealkylation sites (N-methyl/N-ethyl adjacent to an activating group) is 1. The van der Waals surface area contributed by atoms with E-state index in [0.29, 0.717) is 23.7 Å². The van der Waals surface area contributed by atoms with E-state index in [1.54, 1.807) is 21.1 Å². The number of hydrogen-bond acceptors (Lipinski definition) is 4. The van der Waals surface area contributed by atoms with Crippen molar-refractivity contribution in [2.75, 3.05) is 34.3 Å². The maximum Gasteiger partial charge on any atom is 0.306 e. The first-order valence-corrected chi connectivity index (χ1v) is 6.49. The SMILES string of the molecule is C[N+](C)(C)CC(O)(CC(=O)O)C(=O)CCCCCO. The first-order chi connectivity index (χ1) is 8.60. The second-order valence-electron chi connectivity index (χ2n) is 6.01. The highest BCUT2D eigenvalue weighted by atomic mass is 16.4. The van der Waals surface area contributed by atoms with Crippen LogP contribution in [-0.2, 0) is 9.59 Å². The van der Waals surface area contributed by atoms with E-state index in [4.69, 9.17) is 10.2 Å². The molecule has 0 aromatic rings. The highest BCUT2D eigenvalue weighted by Crippen LogP contribution is 2.19. The lowest BCUT2D eigenvalue weighted by Gasteiger charge is -2.33. The topological polar surface area (TPSA) is 94.8 Å². The van der Waals surface area contributed by atoms with Gasteiger partial charge in [0.15, 0.2) is 11.4 Å². The van der Waals surface area contributed by atoms with Crippen LogP contribution in [0.1, 0.15) is 32.1 Å². The molecule has 0 saturated carbocycles. The Balaban J connectivity index is 4.64. The van der Waals surface area contributed by atoms with Gasteiger partial charge in [0.2, 0.25) is 0 Å². The van der Waals surface area contributed by atoms with Crippen LogP contribution in [0.25, 0.3) is 0 Å². The Bertz CT molecular complexity index is 311. The number of Topliss-reactive ketones (excluding diaryl/α,β-unsaturated/α-hetero) is 1. The Morgan fingerprint density at radius 2 is 1.68 bits per heavy atom. The fourth-order valence-electron chi connectivity index (χ4n) is 2.08. The fraction of sp³-hybridized carbons (Fsp3) is 0.846. The molecule has 0 aliphatic rings. The molecule has 0 aromatic carbocycles. The number of ketones is 1. The summed E-state index contributed by atoms with van der Waals surface area (Å²) in [7, 11) is 5.39. The van der Waals surface area contributed by atoms with Gasteiger partial charge in [-0.25, -0.2) is 0 Å². The monoisotopic (exact) mass is 276 g/mol. The molecule has 0 saturated heterocycles. The molecule has 0 amide bonds. The van der Waals surface area contributed by atoms with Gasteiger partial charge in [-0.3, -0.25) is 9.59 Å². The van der Waals surface area contributed by atoms with Crippen molar-refractivity contribution in [1.29, 1.82) is 0 Å². The predicted octanol–water partition coefficient (Wildman–Crippen LogP) is 0.0202. The Hall–Kier alpha value is -0.980. The van der Waals surface area contributed by atoms with Crippen molar-refractivity contribution in [2.45, 2.75) is 37.7 Å². The summed E-state index contributed by atoms with van der Waals surface area (Å²) in [4.78, 5) is 22.9. The van der Waals surface area contributed by atoms with Gasteiger partial charge >= 0.3 is 5.97 Å². The number of quaternary nitrogens is 1. The lowest BCUT2D eigenvalue weighted by atomic mass is 9.89. The normalized spacial score (nSPS) is 15.0. The number of aliphatic carboxylic acids is 1. The van der Waals surface area contributed by atoms with Crippen LogP contribution >= 0.6 is 0 Å². The van der Waals surface area contributed by atoms with E-state index >= 15 is 0 Å². The number of carboxylic acid groups (broad SMARTS) is 1. The molecule has 0 aliphatic carbocycles. The molecule has 0 heterocycles. The molecular weight excluding hydrogens is 250 g/mol. The first-order valence-electron chi connectivity index (χ1n) is 6.49.